The molecule has 3 aromatic heterocycles. The van der Waals surface area contributed by atoms with E-state index in [0.29, 0.717) is 77.1 Å². The molecule has 1 saturated heterocycles. The van der Waals surface area contributed by atoms with E-state index in [9.17, 15) is 12.8 Å². The van der Waals surface area contributed by atoms with Crippen LogP contribution in [0.1, 0.15) is 30.1 Å². The summed E-state index contributed by atoms with van der Waals surface area (Å²) in [5.74, 6) is -3.35. The Morgan fingerprint density at radius 3 is 2.38 bits per heavy atom. The SMILES string of the molecule is Cc1nnn(C)c1-c1cnc2c3c(S(C)(=O)=O)cccc3n(C(c3c(F)cc(F)cc3F)C3CCOCC3)c2c1. The van der Waals surface area contributed by atoms with E-state index in [-0.39, 0.29) is 16.4 Å². The van der Waals surface area contributed by atoms with Gasteiger partial charge in [-0.05, 0) is 43.9 Å². The van der Waals surface area contributed by atoms with Gasteiger partial charge in [-0.3, -0.25) is 4.98 Å². The summed E-state index contributed by atoms with van der Waals surface area (Å²) < 4.78 is 79.8. The maximum absolute atomic E-state index is 15.5. The predicted molar refractivity (Wildman–Crippen MR) is 143 cm³/mol. The lowest BCUT2D eigenvalue weighted by Crippen LogP contribution is -2.28. The van der Waals surface area contributed by atoms with E-state index < -0.39 is 33.3 Å². The Labute approximate surface area is 228 Å². The van der Waals surface area contributed by atoms with Gasteiger partial charge in [0.25, 0.3) is 0 Å². The first-order valence-corrected chi connectivity index (χ1v) is 14.7. The van der Waals surface area contributed by atoms with Crippen LogP contribution in [0.5, 0.6) is 0 Å². The van der Waals surface area contributed by atoms with Crippen molar-refractivity contribution < 1.29 is 26.3 Å². The number of aryl methyl sites for hydroxylation is 2. The number of benzene rings is 2. The van der Waals surface area contributed by atoms with Gasteiger partial charge in [-0.2, -0.15) is 0 Å². The fourth-order valence-corrected chi connectivity index (χ4v) is 6.85. The number of hydrogen-bond donors (Lipinski definition) is 0. The van der Waals surface area contributed by atoms with Crippen molar-refractivity contribution in [2.75, 3.05) is 19.5 Å². The van der Waals surface area contributed by atoms with Crippen molar-refractivity contribution in [1.29, 1.82) is 0 Å². The number of hydrogen-bond acceptors (Lipinski definition) is 6. The van der Waals surface area contributed by atoms with Crippen molar-refractivity contribution >= 4 is 31.8 Å². The van der Waals surface area contributed by atoms with Crippen molar-refractivity contribution in [3.8, 4) is 11.3 Å². The Bertz CT molecular complexity index is 1850. The summed E-state index contributed by atoms with van der Waals surface area (Å²) >= 11 is 0. The van der Waals surface area contributed by atoms with Crippen LogP contribution in [-0.2, 0) is 21.6 Å². The van der Waals surface area contributed by atoms with Gasteiger partial charge in [0.2, 0.25) is 0 Å². The standard InChI is InChI=1S/C28H26F3N5O3S/c1-15-27(35(2)34-33-15)17-11-22-26(32-14-17)25-21(5-4-6-23(25)40(3,37)38)36(22)28(16-7-9-39-10-8-16)24-19(30)12-18(29)13-20(24)31/h4-6,11-14,16,28H,7-10H2,1-3H3. The van der Waals surface area contributed by atoms with Gasteiger partial charge >= 0.3 is 0 Å². The minimum atomic E-state index is -3.71. The highest BCUT2D eigenvalue weighted by atomic mass is 32.2. The van der Waals surface area contributed by atoms with Crippen LogP contribution < -0.4 is 0 Å². The Morgan fingerprint density at radius 2 is 1.75 bits per heavy atom. The average molecular weight is 570 g/mol. The monoisotopic (exact) mass is 569 g/mol. The molecule has 12 heteroatoms. The highest BCUT2D eigenvalue weighted by Crippen LogP contribution is 2.44. The number of pyridine rings is 1. The Balaban J connectivity index is 1.77. The van der Waals surface area contributed by atoms with E-state index in [0.717, 1.165) is 6.26 Å². The molecular formula is C28H26F3N5O3S. The molecule has 0 bridgehead atoms. The molecule has 4 heterocycles. The molecule has 2 aromatic carbocycles. The summed E-state index contributed by atoms with van der Waals surface area (Å²) in [6, 6.07) is 7.03. The maximum Gasteiger partial charge on any atom is 0.176 e. The molecule has 0 saturated carbocycles. The summed E-state index contributed by atoms with van der Waals surface area (Å²) in [7, 11) is -1.97. The second-order valence-corrected chi connectivity index (χ2v) is 12.2. The topological polar surface area (TPSA) is 91.9 Å². The van der Waals surface area contributed by atoms with Gasteiger partial charge in [0.15, 0.2) is 9.84 Å². The van der Waals surface area contributed by atoms with Crippen molar-refractivity contribution in [3.05, 3.63) is 71.3 Å². The number of rotatable bonds is 5. The fourth-order valence-electron chi connectivity index (χ4n) is 5.95. The predicted octanol–water partition coefficient (Wildman–Crippen LogP) is 5.13. The molecule has 6 rings (SSSR count). The minimum Gasteiger partial charge on any atom is -0.381 e. The first-order valence-electron chi connectivity index (χ1n) is 12.8. The molecule has 40 heavy (non-hydrogen) atoms. The molecular weight excluding hydrogens is 543 g/mol. The summed E-state index contributed by atoms with van der Waals surface area (Å²) in [4.78, 5) is 4.75. The van der Waals surface area contributed by atoms with Crippen molar-refractivity contribution in [2.24, 2.45) is 13.0 Å². The normalized spacial score (nSPS) is 15.8. The first kappa shape index (κ1) is 26.5. The Hall–Kier alpha value is -3.77. The third-order valence-corrected chi connectivity index (χ3v) is 8.77. The van der Waals surface area contributed by atoms with Crippen LogP contribution in [0.4, 0.5) is 13.2 Å². The van der Waals surface area contributed by atoms with Crippen LogP contribution in [0.15, 0.2) is 47.5 Å². The van der Waals surface area contributed by atoms with E-state index >= 15 is 8.78 Å². The highest BCUT2D eigenvalue weighted by Gasteiger charge is 2.35. The molecule has 0 amide bonds. The molecule has 5 aromatic rings. The second-order valence-electron chi connectivity index (χ2n) is 10.2. The summed E-state index contributed by atoms with van der Waals surface area (Å²) in [6.07, 6.45) is 3.70. The molecule has 0 radical (unpaired) electrons. The van der Waals surface area contributed by atoms with Gasteiger partial charge in [-0.15, -0.1) is 5.10 Å². The molecule has 0 N–H and O–H groups in total. The molecule has 0 spiro atoms. The highest BCUT2D eigenvalue weighted by molar-refractivity contribution is 7.91. The van der Waals surface area contributed by atoms with Crippen LogP contribution in [0.2, 0.25) is 0 Å². The number of aromatic nitrogens is 5. The maximum atomic E-state index is 15.5. The van der Waals surface area contributed by atoms with Gasteiger partial charge in [-0.25, -0.2) is 26.3 Å². The molecule has 1 atom stereocenters. The number of sulfone groups is 1. The zero-order valence-electron chi connectivity index (χ0n) is 22.0. The molecule has 208 valence electrons. The largest absolute Gasteiger partial charge is 0.381 e. The zero-order valence-corrected chi connectivity index (χ0v) is 22.8. The van der Waals surface area contributed by atoms with Crippen LogP contribution >= 0.6 is 0 Å². The van der Waals surface area contributed by atoms with E-state index in [1.807, 2.05) is 6.07 Å². The van der Waals surface area contributed by atoms with Gasteiger partial charge in [0.05, 0.1) is 38.9 Å². The Morgan fingerprint density at radius 1 is 1.05 bits per heavy atom. The molecule has 8 nitrogen and oxygen atoms in total. The minimum absolute atomic E-state index is 0.0539. The van der Waals surface area contributed by atoms with Crippen LogP contribution in [0, 0.1) is 30.3 Å². The number of ether oxygens (including phenoxy) is 1. The third kappa shape index (κ3) is 4.26. The number of nitrogens with zero attached hydrogens (tertiary/aromatic N) is 5. The van der Waals surface area contributed by atoms with Gasteiger partial charge in [0.1, 0.15) is 17.5 Å². The van der Waals surface area contributed by atoms with Crippen LogP contribution in [-0.4, -0.2) is 52.4 Å². The smallest absolute Gasteiger partial charge is 0.176 e. The van der Waals surface area contributed by atoms with E-state index in [1.54, 1.807) is 41.5 Å². The summed E-state index contributed by atoms with van der Waals surface area (Å²) in [6.45, 7) is 2.58. The number of halogens is 3. The number of fused-ring (bicyclic) bond motifs is 3. The quantitative estimate of drug-likeness (QED) is 0.292. The zero-order chi connectivity index (χ0) is 28.3. The van der Waals surface area contributed by atoms with E-state index in [2.05, 4.69) is 10.3 Å². The summed E-state index contributed by atoms with van der Waals surface area (Å²) in [5.41, 5.74) is 2.99. The van der Waals surface area contributed by atoms with Crippen LogP contribution in [0.25, 0.3) is 33.2 Å². The molecule has 1 unspecified atom stereocenters. The van der Waals surface area contributed by atoms with Crippen molar-refractivity contribution in [3.63, 3.8) is 0 Å². The van der Waals surface area contributed by atoms with Gasteiger partial charge in [0, 0.05) is 61.4 Å². The van der Waals surface area contributed by atoms with Crippen molar-refractivity contribution in [1.82, 2.24) is 24.5 Å². The van der Waals surface area contributed by atoms with E-state index in [1.165, 1.54) is 6.07 Å². The molecule has 1 aliphatic heterocycles. The average Bonchev–Trinajstić information content (AvgIpc) is 3.41. The van der Waals surface area contributed by atoms with Crippen molar-refractivity contribution in [2.45, 2.75) is 30.7 Å². The van der Waals surface area contributed by atoms with Gasteiger partial charge in [-0.1, -0.05) is 11.3 Å². The lowest BCUT2D eigenvalue weighted by atomic mass is 9.86. The lowest BCUT2D eigenvalue weighted by Gasteiger charge is -2.33. The lowest BCUT2D eigenvalue weighted by molar-refractivity contribution is 0.0543. The first-order chi connectivity index (χ1) is 19.1. The second kappa shape index (κ2) is 9.70. The molecule has 0 aliphatic carbocycles. The van der Waals surface area contributed by atoms with Crippen LogP contribution in [0.3, 0.4) is 0 Å². The third-order valence-electron chi connectivity index (χ3n) is 7.63. The van der Waals surface area contributed by atoms with Gasteiger partial charge < -0.3 is 9.30 Å². The summed E-state index contributed by atoms with van der Waals surface area (Å²) in [5, 5.41) is 8.55. The molecule has 1 aliphatic rings. The Kier molecular flexibility index (Phi) is 6.42. The fraction of sp³-hybridized carbons (Fsp3) is 0.321. The molecule has 1 fully saturated rings. The van der Waals surface area contributed by atoms with E-state index in [4.69, 9.17) is 9.72 Å².